The van der Waals surface area contributed by atoms with Crippen LogP contribution in [0.5, 0.6) is 5.75 Å². The largest absolute Gasteiger partial charge is 0.480 e. The summed E-state index contributed by atoms with van der Waals surface area (Å²) >= 11 is 11.6. The van der Waals surface area contributed by atoms with Crippen molar-refractivity contribution in [3.63, 3.8) is 0 Å². The maximum atomic E-state index is 12.1. The first-order chi connectivity index (χ1) is 8.85. The van der Waals surface area contributed by atoms with E-state index < -0.39 is 17.4 Å². The Hall–Kier alpha value is -1.26. The molecule has 1 aromatic rings. The molecule has 0 heterocycles. The molecule has 0 aliphatic heterocycles. The second-order valence-corrected chi connectivity index (χ2v) is 4.96. The maximum Gasteiger partial charge on any atom is 0.328 e. The summed E-state index contributed by atoms with van der Waals surface area (Å²) in [5.74, 6) is -1.88. The highest BCUT2D eigenvalue weighted by atomic mass is 35.5. The van der Waals surface area contributed by atoms with Crippen molar-refractivity contribution >= 4 is 35.1 Å². The molecule has 0 fully saturated rings. The molecular weight excluding hydrogens is 291 g/mol. The van der Waals surface area contributed by atoms with E-state index in [1.54, 1.807) is 13.8 Å². The van der Waals surface area contributed by atoms with Gasteiger partial charge in [0.05, 0.1) is 0 Å². The number of ether oxygens (including phenoxy) is 1. The maximum absolute atomic E-state index is 12.1. The highest BCUT2D eigenvalue weighted by Gasteiger charge is 2.44. The highest BCUT2D eigenvalue weighted by Crippen LogP contribution is 2.31. The number of aliphatic carboxylic acids is 1. The lowest BCUT2D eigenvalue weighted by Crippen LogP contribution is -2.41. The van der Waals surface area contributed by atoms with Gasteiger partial charge in [0.15, 0.2) is 5.41 Å². The fourth-order valence-corrected chi connectivity index (χ4v) is 2.23. The molecule has 6 heteroatoms. The summed E-state index contributed by atoms with van der Waals surface area (Å²) < 4.78 is 5.10. The third-order valence-corrected chi connectivity index (χ3v) is 3.49. The van der Waals surface area contributed by atoms with Gasteiger partial charge in [-0.1, -0.05) is 37.0 Å². The fourth-order valence-electron chi connectivity index (χ4n) is 1.72. The van der Waals surface area contributed by atoms with Gasteiger partial charge in [-0.2, -0.15) is 0 Å². The van der Waals surface area contributed by atoms with Crippen LogP contribution in [0.15, 0.2) is 18.2 Å². The SMILES string of the molecule is CCC(CC)(C(=O)O)C(=O)Oc1cc(Cl)cc(Cl)c1. The number of halogens is 2. The van der Waals surface area contributed by atoms with Crippen molar-refractivity contribution in [3.8, 4) is 5.75 Å². The Morgan fingerprint density at radius 3 is 2.00 bits per heavy atom. The van der Waals surface area contributed by atoms with Gasteiger partial charge in [-0.05, 0) is 31.0 Å². The summed E-state index contributed by atoms with van der Waals surface area (Å²) in [6.45, 7) is 3.26. The van der Waals surface area contributed by atoms with Crippen LogP contribution >= 0.6 is 23.2 Å². The van der Waals surface area contributed by atoms with Crippen LogP contribution < -0.4 is 4.74 Å². The van der Waals surface area contributed by atoms with Gasteiger partial charge in [-0.3, -0.25) is 9.59 Å². The molecule has 0 spiro atoms. The molecule has 1 aromatic carbocycles. The van der Waals surface area contributed by atoms with E-state index in [0.29, 0.717) is 10.0 Å². The predicted molar refractivity (Wildman–Crippen MR) is 72.7 cm³/mol. The number of carboxylic acid groups (broad SMARTS) is 1. The normalized spacial score (nSPS) is 11.2. The molecule has 19 heavy (non-hydrogen) atoms. The Balaban J connectivity index is 3.03. The van der Waals surface area contributed by atoms with Crippen LogP contribution in [0, 0.1) is 5.41 Å². The van der Waals surface area contributed by atoms with Crippen LogP contribution in [-0.4, -0.2) is 17.0 Å². The van der Waals surface area contributed by atoms with Gasteiger partial charge in [0.2, 0.25) is 0 Å². The average Bonchev–Trinajstić information content (AvgIpc) is 2.29. The molecule has 0 aromatic heterocycles. The van der Waals surface area contributed by atoms with Crippen LogP contribution in [0.1, 0.15) is 26.7 Å². The van der Waals surface area contributed by atoms with Gasteiger partial charge in [-0.15, -0.1) is 0 Å². The second-order valence-electron chi connectivity index (χ2n) is 4.09. The lowest BCUT2D eigenvalue weighted by Gasteiger charge is -2.24. The van der Waals surface area contributed by atoms with E-state index in [0.717, 1.165) is 0 Å². The molecule has 0 bridgehead atoms. The van der Waals surface area contributed by atoms with Crippen molar-refractivity contribution < 1.29 is 19.4 Å². The van der Waals surface area contributed by atoms with E-state index in [4.69, 9.17) is 27.9 Å². The van der Waals surface area contributed by atoms with Crippen LogP contribution in [0.25, 0.3) is 0 Å². The quantitative estimate of drug-likeness (QED) is 0.510. The minimum absolute atomic E-state index is 0.134. The Morgan fingerprint density at radius 2 is 1.63 bits per heavy atom. The molecule has 1 N–H and O–H groups in total. The van der Waals surface area contributed by atoms with E-state index in [1.807, 2.05) is 0 Å². The van der Waals surface area contributed by atoms with Crippen LogP contribution in [0.4, 0.5) is 0 Å². The summed E-state index contributed by atoms with van der Waals surface area (Å²) in [7, 11) is 0. The summed E-state index contributed by atoms with van der Waals surface area (Å²) in [5, 5.41) is 9.85. The smallest absolute Gasteiger partial charge is 0.328 e. The first kappa shape index (κ1) is 15.8. The number of esters is 1. The van der Waals surface area contributed by atoms with Crippen molar-refractivity contribution in [1.29, 1.82) is 0 Å². The number of rotatable bonds is 5. The number of benzene rings is 1. The molecule has 1 rings (SSSR count). The molecular formula is C13H14Cl2O4. The van der Waals surface area contributed by atoms with Crippen molar-refractivity contribution in [2.75, 3.05) is 0 Å². The average molecular weight is 305 g/mol. The van der Waals surface area contributed by atoms with Gasteiger partial charge < -0.3 is 9.84 Å². The molecule has 104 valence electrons. The lowest BCUT2D eigenvalue weighted by molar-refractivity contribution is -0.163. The molecule has 0 atom stereocenters. The summed E-state index contributed by atoms with van der Waals surface area (Å²) in [6.07, 6.45) is 0.290. The molecule has 0 saturated heterocycles. The zero-order valence-electron chi connectivity index (χ0n) is 10.6. The van der Waals surface area contributed by atoms with Crippen molar-refractivity contribution in [3.05, 3.63) is 28.2 Å². The van der Waals surface area contributed by atoms with Crippen LogP contribution in [-0.2, 0) is 9.59 Å². The Labute approximate surface area is 121 Å². The zero-order valence-corrected chi connectivity index (χ0v) is 12.1. The minimum atomic E-state index is -1.55. The van der Waals surface area contributed by atoms with Crippen LogP contribution in [0.2, 0.25) is 10.0 Å². The minimum Gasteiger partial charge on any atom is -0.480 e. The van der Waals surface area contributed by atoms with Gasteiger partial charge in [-0.25, -0.2) is 0 Å². The lowest BCUT2D eigenvalue weighted by atomic mass is 9.82. The third-order valence-electron chi connectivity index (χ3n) is 3.05. The zero-order chi connectivity index (χ0) is 14.6. The van der Waals surface area contributed by atoms with Crippen molar-refractivity contribution in [2.45, 2.75) is 26.7 Å². The first-order valence-corrected chi connectivity index (χ1v) is 6.53. The van der Waals surface area contributed by atoms with Crippen LogP contribution in [0.3, 0.4) is 0 Å². The Morgan fingerprint density at radius 1 is 1.16 bits per heavy atom. The van der Waals surface area contributed by atoms with Gasteiger partial charge in [0.25, 0.3) is 0 Å². The Kier molecular flexibility index (Phi) is 5.20. The van der Waals surface area contributed by atoms with Crippen molar-refractivity contribution in [2.24, 2.45) is 5.41 Å². The van der Waals surface area contributed by atoms with Crippen molar-refractivity contribution in [1.82, 2.24) is 0 Å². The number of hydrogen-bond acceptors (Lipinski definition) is 3. The van der Waals surface area contributed by atoms with E-state index >= 15 is 0 Å². The number of hydrogen-bond donors (Lipinski definition) is 1. The van der Waals surface area contributed by atoms with Gasteiger partial charge in [0.1, 0.15) is 5.75 Å². The third kappa shape index (κ3) is 3.39. The van der Waals surface area contributed by atoms with E-state index in [2.05, 4.69) is 0 Å². The topological polar surface area (TPSA) is 63.6 Å². The fraction of sp³-hybridized carbons (Fsp3) is 0.385. The summed E-state index contributed by atoms with van der Waals surface area (Å²) in [4.78, 5) is 23.4. The second kappa shape index (κ2) is 6.26. The molecule has 0 radical (unpaired) electrons. The summed E-state index contributed by atoms with van der Waals surface area (Å²) in [6, 6.07) is 4.30. The predicted octanol–water partition coefficient (Wildman–Crippen LogP) is 3.79. The molecule has 0 saturated carbocycles. The monoisotopic (exact) mass is 304 g/mol. The number of carboxylic acids is 1. The molecule has 0 aliphatic carbocycles. The highest BCUT2D eigenvalue weighted by molar-refractivity contribution is 6.34. The van der Waals surface area contributed by atoms with Gasteiger partial charge >= 0.3 is 11.9 Å². The molecule has 4 nitrogen and oxygen atoms in total. The number of carbonyl (C=O) groups is 2. The van der Waals surface area contributed by atoms with E-state index in [9.17, 15) is 14.7 Å². The molecule has 0 amide bonds. The number of carbonyl (C=O) groups excluding carboxylic acids is 1. The molecule has 0 unspecified atom stereocenters. The van der Waals surface area contributed by atoms with Gasteiger partial charge in [0, 0.05) is 10.0 Å². The standard InChI is InChI=1S/C13H14Cl2O4/c1-3-13(4-2,11(16)17)12(18)19-10-6-8(14)5-9(15)7-10/h5-7H,3-4H2,1-2H3,(H,16,17). The first-order valence-electron chi connectivity index (χ1n) is 5.77. The Bertz CT molecular complexity index is 475. The van der Waals surface area contributed by atoms with E-state index in [1.165, 1.54) is 18.2 Å². The van der Waals surface area contributed by atoms with E-state index in [-0.39, 0.29) is 18.6 Å². The molecule has 0 aliphatic rings. The summed E-state index contributed by atoms with van der Waals surface area (Å²) in [5.41, 5.74) is -1.55.